The molecule has 0 spiro atoms. The molecule has 0 aromatic heterocycles. The summed E-state index contributed by atoms with van der Waals surface area (Å²) in [4.78, 5) is 2.30. The predicted octanol–water partition coefficient (Wildman–Crippen LogP) is 5.68. The van der Waals surface area contributed by atoms with E-state index in [1.807, 2.05) is 30.3 Å². The van der Waals surface area contributed by atoms with E-state index in [4.69, 9.17) is 0 Å². The van der Waals surface area contributed by atoms with Gasteiger partial charge in [-0.05, 0) is 27.1 Å². The van der Waals surface area contributed by atoms with Crippen molar-refractivity contribution in [2.24, 2.45) is 0 Å². The van der Waals surface area contributed by atoms with Gasteiger partial charge in [-0.2, -0.15) is 24.6 Å². The molecule has 0 aliphatic carbocycles. The maximum atomic E-state index is 3.72. The summed E-state index contributed by atoms with van der Waals surface area (Å²) in [5.41, 5.74) is 1.07. The van der Waals surface area contributed by atoms with Crippen LogP contribution in [0.3, 0.4) is 0 Å². The van der Waals surface area contributed by atoms with Crippen LogP contribution in [0.15, 0.2) is 30.3 Å². The number of hydrogen-bond donors (Lipinski definition) is 0. The minimum atomic E-state index is 0. The first-order chi connectivity index (χ1) is 13.7. The first-order valence-corrected chi connectivity index (χ1v) is 12.2. The van der Waals surface area contributed by atoms with E-state index in [2.05, 4.69) is 32.8 Å². The van der Waals surface area contributed by atoms with Crippen LogP contribution in [0.2, 0.25) is 0 Å². The first-order valence-electron chi connectivity index (χ1n) is 12.2. The molecule has 0 aliphatic heterocycles. The number of benzene rings is 1. The fourth-order valence-corrected chi connectivity index (χ4v) is 3.45. The van der Waals surface area contributed by atoms with Gasteiger partial charge in [-0.1, -0.05) is 109 Å². The molecule has 0 bridgehead atoms. The van der Waals surface area contributed by atoms with Crippen molar-refractivity contribution in [2.45, 2.75) is 110 Å². The second-order valence-corrected chi connectivity index (χ2v) is 8.59. The minimum Gasteiger partial charge on any atom is -0.309 e. The Balaban J connectivity index is 0. The molecule has 0 N–H and O–H groups in total. The zero-order valence-corrected chi connectivity index (χ0v) is 20.6. The van der Waals surface area contributed by atoms with Crippen LogP contribution in [0.1, 0.15) is 115 Å². The van der Waals surface area contributed by atoms with Crippen LogP contribution in [0.5, 0.6) is 0 Å². The molecule has 2 heteroatoms. The van der Waals surface area contributed by atoms with Crippen molar-refractivity contribution < 1.29 is 18.9 Å². The molecule has 0 atom stereocenters. The summed E-state index contributed by atoms with van der Waals surface area (Å²) in [6.45, 7) is 7.28. The predicted molar refractivity (Wildman–Crippen MR) is 129 cm³/mol. The van der Waals surface area contributed by atoms with Crippen molar-refractivity contribution >= 4 is 0 Å². The molecule has 0 radical (unpaired) electrons. The molecule has 0 amide bonds. The van der Waals surface area contributed by atoms with Gasteiger partial charge in [0.1, 0.15) is 0 Å². The summed E-state index contributed by atoms with van der Waals surface area (Å²) >= 11 is 0. The molecule has 0 saturated carbocycles. The Kier molecular flexibility index (Phi) is 27.3. The van der Waals surface area contributed by atoms with Crippen molar-refractivity contribution in [3.05, 3.63) is 42.8 Å². The minimum absolute atomic E-state index is 0. The van der Waals surface area contributed by atoms with E-state index in [-0.39, 0.29) is 18.9 Å². The van der Waals surface area contributed by atoms with Crippen molar-refractivity contribution in [3.8, 4) is 0 Å². The molecule has 1 nitrogen and oxygen atoms in total. The summed E-state index contributed by atoms with van der Waals surface area (Å²) in [6, 6.07) is 9.87. The number of hydrogen-bond acceptors (Lipinski definition) is 1. The van der Waals surface area contributed by atoms with E-state index in [1.54, 1.807) is 0 Å². The average molecular weight is 396 g/mol. The Labute approximate surface area is 196 Å². The fraction of sp³-hybridized carbons (Fsp3) is 0.741. The molecular weight excluding hydrogens is 345 g/mol. The third-order valence-corrected chi connectivity index (χ3v) is 5.30. The fourth-order valence-electron chi connectivity index (χ4n) is 3.45. The van der Waals surface area contributed by atoms with Gasteiger partial charge in [0, 0.05) is 0 Å². The molecule has 1 aromatic carbocycles. The van der Waals surface area contributed by atoms with Crippen molar-refractivity contribution in [3.63, 3.8) is 0 Å². The maximum absolute atomic E-state index is 3.72. The maximum Gasteiger partial charge on any atom is 1.00 e. The largest absolute Gasteiger partial charge is 1.00 e. The van der Waals surface area contributed by atoms with Crippen molar-refractivity contribution in [1.29, 1.82) is 0 Å². The Morgan fingerprint density at radius 2 is 0.931 bits per heavy atom. The Bertz CT molecular complexity index is 391. The van der Waals surface area contributed by atoms with Gasteiger partial charge in [0.2, 0.25) is 0 Å². The second-order valence-electron chi connectivity index (χ2n) is 8.59. The first kappa shape index (κ1) is 30.8. The molecule has 0 unspecified atom stereocenters. The third kappa shape index (κ3) is 27.6. The standard InChI is InChI=1S/C20H43N.C7H7.Li/c1-4-5-6-7-8-9-10-11-12-13-14-15-16-17-18-19-20-21(2)3;1-7-5-3-2-4-6-7;/h4-20H2,1-3H3;2-6H,1H2;/q;-1;+1. The quantitative estimate of drug-likeness (QED) is 0.186. The SMILES string of the molecule is CCCCCCCCCCCCCCCCCCN(C)C.[CH2-]c1ccccc1.[Li+]. The van der Waals surface area contributed by atoms with Gasteiger partial charge >= 0.3 is 18.9 Å². The van der Waals surface area contributed by atoms with Crippen LogP contribution in [-0.2, 0) is 0 Å². The zero-order chi connectivity index (χ0) is 20.7. The summed E-state index contributed by atoms with van der Waals surface area (Å²) < 4.78 is 0. The van der Waals surface area contributed by atoms with E-state index in [1.165, 1.54) is 109 Å². The second kappa shape index (κ2) is 25.7. The number of nitrogens with zero attached hydrogens (tertiary/aromatic N) is 1. The topological polar surface area (TPSA) is 3.24 Å². The molecule has 1 aromatic rings. The Morgan fingerprint density at radius 3 is 1.21 bits per heavy atom. The van der Waals surface area contributed by atoms with Gasteiger partial charge in [0.15, 0.2) is 0 Å². The number of rotatable bonds is 17. The van der Waals surface area contributed by atoms with E-state index in [0.717, 1.165) is 5.56 Å². The Morgan fingerprint density at radius 1 is 0.586 bits per heavy atom. The van der Waals surface area contributed by atoms with Gasteiger partial charge < -0.3 is 4.90 Å². The average Bonchev–Trinajstić information content (AvgIpc) is 2.68. The smallest absolute Gasteiger partial charge is 0.309 e. The molecule has 29 heavy (non-hydrogen) atoms. The summed E-state index contributed by atoms with van der Waals surface area (Å²) in [7, 11) is 4.34. The van der Waals surface area contributed by atoms with Crippen LogP contribution in [0.4, 0.5) is 0 Å². The zero-order valence-electron chi connectivity index (χ0n) is 20.6. The van der Waals surface area contributed by atoms with Gasteiger partial charge in [0.05, 0.1) is 0 Å². The van der Waals surface area contributed by atoms with Gasteiger partial charge in [-0.25, -0.2) is 0 Å². The summed E-state index contributed by atoms with van der Waals surface area (Å²) in [5.74, 6) is 0. The molecule has 0 fully saturated rings. The molecular formula is C27H50LiN. The summed E-state index contributed by atoms with van der Waals surface area (Å²) in [6.07, 6.45) is 23.3. The van der Waals surface area contributed by atoms with Gasteiger partial charge in [0.25, 0.3) is 0 Å². The molecule has 1 rings (SSSR count). The monoisotopic (exact) mass is 395 g/mol. The molecule has 0 aliphatic rings. The van der Waals surface area contributed by atoms with Gasteiger partial charge in [-0.15, -0.1) is 12.1 Å². The van der Waals surface area contributed by atoms with E-state index in [0.29, 0.717) is 0 Å². The van der Waals surface area contributed by atoms with Crippen molar-refractivity contribution in [1.82, 2.24) is 4.90 Å². The van der Waals surface area contributed by atoms with E-state index in [9.17, 15) is 0 Å². The van der Waals surface area contributed by atoms with E-state index >= 15 is 0 Å². The van der Waals surface area contributed by atoms with Crippen LogP contribution < -0.4 is 18.9 Å². The normalized spacial score (nSPS) is 10.3. The van der Waals surface area contributed by atoms with Crippen LogP contribution in [0.25, 0.3) is 0 Å². The van der Waals surface area contributed by atoms with E-state index < -0.39 is 0 Å². The molecule has 164 valence electrons. The molecule has 0 heterocycles. The van der Waals surface area contributed by atoms with Gasteiger partial charge in [-0.3, -0.25) is 0 Å². The van der Waals surface area contributed by atoms with Crippen LogP contribution in [-0.4, -0.2) is 25.5 Å². The van der Waals surface area contributed by atoms with Crippen molar-refractivity contribution in [2.75, 3.05) is 20.6 Å². The Hall–Kier alpha value is -0.353. The summed E-state index contributed by atoms with van der Waals surface area (Å²) in [5, 5.41) is 0. The number of unbranched alkanes of at least 4 members (excludes halogenated alkanes) is 15. The van der Waals surface area contributed by atoms with Crippen LogP contribution >= 0.6 is 0 Å². The third-order valence-electron chi connectivity index (χ3n) is 5.30. The van der Waals surface area contributed by atoms with Crippen LogP contribution in [0, 0.1) is 6.92 Å². The molecule has 0 saturated heterocycles.